The van der Waals surface area contributed by atoms with Gasteiger partial charge in [-0.3, -0.25) is 9.78 Å². The van der Waals surface area contributed by atoms with Gasteiger partial charge in [-0.2, -0.15) is 4.98 Å². The molecule has 0 fully saturated rings. The molecule has 0 aliphatic carbocycles. The monoisotopic (exact) mass is 216 g/mol. The number of nitrogen functional groups attached to an aromatic ring is 1. The molecule has 0 bridgehead atoms. The van der Waals surface area contributed by atoms with Gasteiger partial charge in [-0.25, -0.2) is 9.36 Å². The second-order valence-electron chi connectivity index (χ2n) is 3.03. The molecule has 0 spiro atoms. The number of aromatic nitrogens is 3. The molecule has 80 valence electrons. The maximum absolute atomic E-state index is 11.8. The van der Waals surface area contributed by atoms with Crippen LogP contribution in [-0.4, -0.2) is 20.4 Å². The lowest BCUT2D eigenvalue weighted by Crippen LogP contribution is -2.29. The minimum Gasteiger partial charge on any atom is -0.383 e. The minimum atomic E-state index is -0.712. The van der Waals surface area contributed by atoms with Gasteiger partial charge < -0.3 is 5.73 Å². The zero-order valence-electron chi connectivity index (χ0n) is 8.20. The van der Waals surface area contributed by atoms with Crippen LogP contribution in [0.1, 0.15) is 10.5 Å². The van der Waals surface area contributed by atoms with E-state index in [-0.39, 0.29) is 11.5 Å². The predicted molar refractivity (Wildman–Crippen MR) is 56.9 cm³/mol. The Morgan fingerprint density at radius 1 is 1.31 bits per heavy atom. The number of rotatable bonds is 1. The van der Waals surface area contributed by atoms with Gasteiger partial charge in [-0.05, 0) is 18.2 Å². The molecule has 2 N–H and O–H groups in total. The first kappa shape index (κ1) is 10.0. The topological polar surface area (TPSA) is 90.9 Å². The van der Waals surface area contributed by atoms with Crippen molar-refractivity contribution in [3.63, 3.8) is 0 Å². The standard InChI is InChI=1S/C10H8N4O2/c11-8-4-6-14(10(16)13-8)9(15)7-3-1-2-5-12-7/h1-6H,(H2,11,13,16). The largest absolute Gasteiger partial charge is 0.383 e. The third-order valence-electron chi connectivity index (χ3n) is 1.93. The average molecular weight is 216 g/mol. The van der Waals surface area contributed by atoms with Crippen LogP contribution in [0.4, 0.5) is 5.82 Å². The van der Waals surface area contributed by atoms with Crippen molar-refractivity contribution in [3.05, 3.63) is 52.8 Å². The summed E-state index contributed by atoms with van der Waals surface area (Å²) in [6.45, 7) is 0. The van der Waals surface area contributed by atoms with Crippen LogP contribution < -0.4 is 11.4 Å². The highest BCUT2D eigenvalue weighted by molar-refractivity contribution is 5.93. The average Bonchev–Trinajstić information content (AvgIpc) is 2.29. The first-order valence-corrected chi connectivity index (χ1v) is 4.49. The fraction of sp³-hybridized carbons (Fsp3) is 0. The lowest BCUT2D eigenvalue weighted by atomic mass is 10.3. The Hall–Kier alpha value is -2.50. The van der Waals surface area contributed by atoms with Crippen molar-refractivity contribution >= 4 is 11.7 Å². The molecule has 0 aliphatic heterocycles. The molecule has 2 aromatic rings. The molecule has 0 saturated heterocycles. The number of anilines is 1. The van der Waals surface area contributed by atoms with E-state index in [0.29, 0.717) is 0 Å². The number of nitrogens with two attached hydrogens (primary N) is 1. The third-order valence-corrected chi connectivity index (χ3v) is 1.93. The molecular weight excluding hydrogens is 208 g/mol. The summed E-state index contributed by atoms with van der Waals surface area (Å²) in [6.07, 6.45) is 2.75. The Morgan fingerprint density at radius 3 is 2.75 bits per heavy atom. The number of carbonyl (C=O) groups is 1. The number of carbonyl (C=O) groups excluding carboxylic acids is 1. The first-order valence-electron chi connectivity index (χ1n) is 4.49. The molecule has 0 aliphatic rings. The number of pyridine rings is 1. The highest BCUT2D eigenvalue weighted by atomic mass is 16.2. The molecule has 0 atom stereocenters. The van der Waals surface area contributed by atoms with Gasteiger partial charge in [0.1, 0.15) is 11.5 Å². The SMILES string of the molecule is Nc1ccn(C(=O)c2ccccn2)c(=O)n1. The molecule has 2 aromatic heterocycles. The maximum atomic E-state index is 11.8. The van der Waals surface area contributed by atoms with Crippen molar-refractivity contribution in [2.75, 3.05) is 5.73 Å². The van der Waals surface area contributed by atoms with Crippen molar-refractivity contribution in [2.45, 2.75) is 0 Å². The normalized spacial score (nSPS) is 10.0. The van der Waals surface area contributed by atoms with Gasteiger partial charge in [-0.1, -0.05) is 6.07 Å². The number of nitrogens with zero attached hydrogens (tertiary/aromatic N) is 3. The van der Waals surface area contributed by atoms with Crippen molar-refractivity contribution in [1.82, 2.24) is 14.5 Å². The molecule has 2 heterocycles. The summed E-state index contributed by atoms with van der Waals surface area (Å²) in [5.41, 5.74) is 4.78. The third kappa shape index (κ3) is 1.81. The Kier molecular flexibility index (Phi) is 2.47. The van der Waals surface area contributed by atoms with E-state index in [4.69, 9.17) is 5.73 Å². The van der Waals surface area contributed by atoms with E-state index >= 15 is 0 Å². The summed E-state index contributed by atoms with van der Waals surface area (Å²) >= 11 is 0. The van der Waals surface area contributed by atoms with Crippen LogP contribution in [0.3, 0.4) is 0 Å². The fourth-order valence-corrected chi connectivity index (χ4v) is 1.18. The van der Waals surface area contributed by atoms with Crippen LogP contribution in [0, 0.1) is 0 Å². The van der Waals surface area contributed by atoms with Crippen LogP contribution in [0.2, 0.25) is 0 Å². The number of hydrogen-bond donors (Lipinski definition) is 1. The highest BCUT2D eigenvalue weighted by Crippen LogP contribution is 1.97. The van der Waals surface area contributed by atoms with Crippen molar-refractivity contribution in [1.29, 1.82) is 0 Å². The summed E-state index contributed by atoms with van der Waals surface area (Å²) in [4.78, 5) is 30.5. The Morgan fingerprint density at radius 2 is 2.12 bits per heavy atom. The van der Waals surface area contributed by atoms with Gasteiger partial charge >= 0.3 is 5.69 Å². The minimum absolute atomic E-state index is 0.0788. The Bertz CT molecular complexity index is 577. The van der Waals surface area contributed by atoms with E-state index in [2.05, 4.69) is 9.97 Å². The first-order chi connectivity index (χ1) is 7.68. The lowest BCUT2D eigenvalue weighted by Gasteiger charge is -2.02. The van der Waals surface area contributed by atoms with Crippen LogP contribution in [0.5, 0.6) is 0 Å². The molecule has 0 aromatic carbocycles. The van der Waals surface area contributed by atoms with Gasteiger partial charge in [0.15, 0.2) is 0 Å². The van der Waals surface area contributed by atoms with Crippen molar-refractivity contribution in [2.24, 2.45) is 0 Å². The predicted octanol–water partition coefficient (Wildman–Crippen LogP) is -0.0910. The second kappa shape index (κ2) is 3.93. The smallest absolute Gasteiger partial charge is 0.356 e. The van der Waals surface area contributed by atoms with E-state index in [1.54, 1.807) is 12.1 Å². The quantitative estimate of drug-likeness (QED) is 0.719. The summed E-state index contributed by atoms with van der Waals surface area (Å²) in [5, 5.41) is 0. The van der Waals surface area contributed by atoms with E-state index < -0.39 is 11.6 Å². The molecule has 0 saturated carbocycles. The molecule has 0 radical (unpaired) electrons. The van der Waals surface area contributed by atoms with Gasteiger partial charge in [0.2, 0.25) is 0 Å². The van der Waals surface area contributed by atoms with E-state index in [1.807, 2.05) is 0 Å². The van der Waals surface area contributed by atoms with Gasteiger partial charge in [0, 0.05) is 12.4 Å². The van der Waals surface area contributed by atoms with Crippen LogP contribution in [0.15, 0.2) is 41.5 Å². The van der Waals surface area contributed by atoms with E-state index in [0.717, 1.165) is 4.57 Å². The van der Waals surface area contributed by atoms with Gasteiger partial charge in [0.25, 0.3) is 5.91 Å². The van der Waals surface area contributed by atoms with Crippen molar-refractivity contribution < 1.29 is 4.79 Å². The summed E-state index contributed by atoms with van der Waals surface area (Å²) in [6, 6.07) is 6.24. The molecule has 16 heavy (non-hydrogen) atoms. The van der Waals surface area contributed by atoms with Crippen molar-refractivity contribution in [3.8, 4) is 0 Å². The highest BCUT2D eigenvalue weighted by Gasteiger charge is 2.11. The molecule has 6 nitrogen and oxygen atoms in total. The Balaban J connectivity index is 2.47. The van der Waals surface area contributed by atoms with Crippen LogP contribution in [0.25, 0.3) is 0 Å². The van der Waals surface area contributed by atoms with E-state index in [9.17, 15) is 9.59 Å². The van der Waals surface area contributed by atoms with Gasteiger partial charge in [-0.15, -0.1) is 0 Å². The fourth-order valence-electron chi connectivity index (χ4n) is 1.18. The summed E-state index contributed by atoms with van der Waals surface area (Å²) in [5.74, 6) is -0.451. The number of hydrogen-bond acceptors (Lipinski definition) is 5. The summed E-state index contributed by atoms with van der Waals surface area (Å²) < 4.78 is 0.860. The molecule has 0 amide bonds. The molecular formula is C10H8N4O2. The van der Waals surface area contributed by atoms with E-state index in [1.165, 1.54) is 24.5 Å². The lowest BCUT2D eigenvalue weighted by molar-refractivity contribution is 0.0949. The van der Waals surface area contributed by atoms with Gasteiger partial charge in [0.05, 0.1) is 0 Å². The zero-order chi connectivity index (χ0) is 11.5. The maximum Gasteiger partial charge on any atom is 0.356 e. The van der Waals surface area contributed by atoms with Crippen LogP contribution >= 0.6 is 0 Å². The van der Waals surface area contributed by atoms with Crippen LogP contribution in [-0.2, 0) is 0 Å². The zero-order valence-corrected chi connectivity index (χ0v) is 8.20. The molecule has 6 heteroatoms. The molecule has 2 rings (SSSR count). The molecule has 0 unspecified atom stereocenters. The Labute approximate surface area is 90.4 Å². The summed E-state index contributed by atoms with van der Waals surface area (Å²) in [7, 11) is 0. The second-order valence-corrected chi connectivity index (χ2v) is 3.03.